The molecule has 0 aromatic heterocycles. The SMILES string of the molecule is CC[C@]12CC[C@@H](Cc3cccc(-c4ccc(C#N)c(F)c4)c3OC(F)F)N1CC2. The van der Waals surface area contributed by atoms with Gasteiger partial charge in [-0.2, -0.15) is 14.0 Å². The normalized spacial score (nSPS) is 23.5. The van der Waals surface area contributed by atoms with Gasteiger partial charge in [0.15, 0.2) is 0 Å². The van der Waals surface area contributed by atoms with Crippen LogP contribution in [0.4, 0.5) is 13.2 Å². The highest BCUT2D eigenvalue weighted by molar-refractivity contribution is 5.73. The van der Waals surface area contributed by atoms with Crippen molar-refractivity contribution in [3.63, 3.8) is 0 Å². The van der Waals surface area contributed by atoms with Crippen LogP contribution in [0, 0.1) is 17.1 Å². The van der Waals surface area contributed by atoms with Crippen molar-refractivity contribution < 1.29 is 17.9 Å². The lowest BCUT2D eigenvalue weighted by Gasteiger charge is -2.50. The number of ether oxygens (including phenoxy) is 1. The molecule has 2 atom stereocenters. The van der Waals surface area contributed by atoms with E-state index in [2.05, 4.69) is 11.8 Å². The van der Waals surface area contributed by atoms with Gasteiger partial charge in [0.25, 0.3) is 0 Å². The molecular weight excluding hydrogens is 377 g/mol. The van der Waals surface area contributed by atoms with E-state index in [9.17, 15) is 13.2 Å². The Balaban J connectivity index is 1.69. The van der Waals surface area contributed by atoms with Gasteiger partial charge in [0.05, 0.1) is 5.56 Å². The van der Waals surface area contributed by atoms with E-state index < -0.39 is 12.4 Å². The van der Waals surface area contributed by atoms with Gasteiger partial charge in [0, 0.05) is 23.7 Å². The second-order valence-corrected chi connectivity index (χ2v) is 7.90. The largest absolute Gasteiger partial charge is 0.434 e. The van der Waals surface area contributed by atoms with Crippen LogP contribution in [0.25, 0.3) is 11.1 Å². The number of alkyl halides is 2. The molecule has 29 heavy (non-hydrogen) atoms. The third-order valence-electron chi connectivity index (χ3n) is 6.63. The molecule has 152 valence electrons. The van der Waals surface area contributed by atoms with Gasteiger partial charge in [0.2, 0.25) is 0 Å². The Morgan fingerprint density at radius 3 is 2.69 bits per heavy atom. The maximum Gasteiger partial charge on any atom is 0.387 e. The summed E-state index contributed by atoms with van der Waals surface area (Å²) in [7, 11) is 0. The number of nitriles is 1. The third kappa shape index (κ3) is 3.49. The Bertz CT molecular complexity index is 952. The van der Waals surface area contributed by atoms with Crippen LogP contribution in [0.3, 0.4) is 0 Å². The Kier molecular flexibility index (Phi) is 5.26. The molecule has 4 rings (SSSR count). The maximum absolute atomic E-state index is 14.1. The van der Waals surface area contributed by atoms with E-state index in [1.807, 2.05) is 6.07 Å². The Morgan fingerprint density at radius 1 is 1.28 bits per heavy atom. The predicted octanol–water partition coefficient (Wildman–Crippen LogP) is 5.53. The second kappa shape index (κ2) is 7.72. The molecule has 2 heterocycles. The summed E-state index contributed by atoms with van der Waals surface area (Å²) in [4.78, 5) is 2.51. The number of halogens is 3. The van der Waals surface area contributed by atoms with E-state index in [1.165, 1.54) is 18.6 Å². The van der Waals surface area contributed by atoms with E-state index in [0.29, 0.717) is 29.2 Å². The van der Waals surface area contributed by atoms with Crippen LogP contribution in [0.5, 0.6) is 5.75 Å². The van der Waals surface area contributed by atoms with Crippen molar-refractivity contribution in [1.82, 2.24) is 4.90 Å². The molecule has 0 unspecified atom stereocenters. The fourth-order valence-corrected chi connectivity index (χ4v) is 4.98. The maximum atomic E-state index is 14.1. The summed E-state index contributed by atoms with van der Waals surface area (Å²) in [6.45, 7) is 0.282. The molecule has 0 radical (unpaired) electrons. The average molecular weight is 400 g/mol. The van der Waals surface area contributed by atoms with E-state index in [4.69, 9.17) is 10.00 Å². The standard InChI is InChI=1S/C23H23F3N2O/c1-2-23-9-8-18(28(23)11-10-23)12-16-4-3-5-19(21(16)29-22(25)26)15-6-7-17(14-27)20(24)13-15/h3-7,13,18,22H,2,8-12H2,1H3/t18-,23+/m0/s1. The number of hydrogen-bond donors (Lipinski definition) is 0. The molecule has 0 amide bonds. The topological polar surface area (TPSA) is 36.3 Å². The van der Waals surface area contributed by atoms with Gasteiger partial charge in [0.1, 0.15) is 17.6 Å². The predicted molar refractivity (Wildman–Crippen MR) is 104 cm³/mol. The molecule has 2 aliphatic heterocycles. The first kappa shape index (κ1) is 19.8. The number of benzene rings is 2. The third-order valence-corrected chi connectivity index (χ3v) is 6.63. The van der Waals surface area contributed by atoms with Crippen molar-refractivity contribution in [2.75, 3.05) is 6.54 Å². The summed E-state index contributed by atoms with van der Waals surface area (Å²) in [5.41, 5.74) is 1.73. The molecule has 2 aromatic rings. The van der Waals surface area contributed by atoms with Crippen LogP contribution < -0.4 is 4.74 Å². The van der Waals surface area contributed by atoms with Crippen LogP contribution in [-0.4, -0.2) is 29.6 Å². The summed E-state index contributed by atoms with van der Waals surface area (Å²) in [6.07, 6.45) is 5.10. The summed E-state index contributed by atoms with van der Waals surface area (Å²) in [6, 6.07) is 11.4. The van der Waals surface area contributed by atoms with Crippen molar-refractivity contribution >= 4 is 0 Å². The van der Waals surface area contributed by atoms with Crippen LogP contribution in [0.1, 0.15) is 43.7 Å². The van der Waals surface area contributed by atoms with Crippen molar-refractivity contribution in [1.29, 1.82) is 5.26 Å². The summed E-state index contributed by atoms with van der Waals surface area (Å²) < 4.78 is 45.5. The minimum atomic E-state index is -2.97. The first-order valence-corrected chi connectivity index (χ1v) is 10.0. The lowest BCUT2D eigenvalue weighted by Crippen LogP contribution is -2.58. The molecular formula is C23H23F3N2O. The lowest BCUT2D eigenvalue weighted by atomic mass is 9.82. The van der Waals surface area contributed by atoms with Gasteiger partial charge < -0.3 is 4.74 Å². The fourth-order valence-electron chi connectivity index (χ4n) is 4.98. The number of nitrogens with zero attached hydrogens (tertiary/aromatic N) is 2. The minimum absolute atomic E-state index is 0.0825. The first-order chi connectivity index (χ1) is 14.0. The van der Waals surface area contributed by atoms with E-state index in [0.717, 1.165) is 25.8 Å². The van der Waals surface area contributed by atoms with Gasteiger partial charge >= 0.3 is 6.61 Å². The van der Waals surface area contributed by atoms with Gasteiger partial charge in [-0.05, 0) is 55.4 Å². The molecule has 2 aliphatic rings. The smallest absolute Gasteiger partial charge is 0.387 e. The zero-order valence-electron chi connectivity index (χ0n) is 16.3. The molecule has 0 spiro atoms. The highest BCUT2D eigenvalue weighted by Gasteiger charge is 2.50. The molecule has 3 nitrogen and oxygen atoms in total. The fraction of sp³-hybridized carbons (Fsp3) is 0.435. The van der Waals surface area contributed by atoms with Crippen LogP contribution in [0.2, 0.25) is 0 Å². The molecule has 2 aromatic carbocycles. The Labute approximate surface area is 168 Å². The molecule has 6 heteroatoms. The minimum Gasteiger partial charge on any atom is -0.434 e. The van der Waals surface area contributed by atoms with Crippen LogP contribution in [-0.2, 0) is 6.42 Å². The van der Waals surface area contributed by atoms with Crippen molar-refractivity contribution in [2.45, 2.75) is 57.2 Å². The molecule has 0 saturated carbocycles. The first-order valence-electron chi connectivity index (χ1n) is 10.0. The highest BCUT2D eigenvalue weighted by Crippen LogP contribution is 2.48. The van der Waals surface area contributed by atoms with Gasteiger partial charge in [-0.25, -0.2) is 4.39 Å². The van der Waals surface area contributed by atoms with Crippen molar-refractivity contribution in [3.8, 4) is 22.9 Å². The van der Waals surface area contributed by atoms with E-state index >= 15 is 0 Å². The quantitative estimate of drug-likeness (QED) is 0.640. The summed E-state index contributed by atoms with van der Waals surface area (Å²) in [5, 5.41) is 8.93. The molecule has 2 saturated heterocycles. The summed E-state index contributed by atoms with van der Waals surface area (Å²) >= 11 is 0. The number of rotatable bonds is 6. The number of hydrogen-bond acceptors (Lipinski definition) is 3. The Hall–Kier alpha value is -2.52. The van der Waals surface area contributed by atoms with Crippen LogP contribution >= 0.6 is 0 Å². The molecule has 2 fully saturated rings. The van der Waals surface area contributed by atoms with E-state index in [-0.39, 0.29) is 16.9 Å². The molecule has 0 bridgehead atoms. The highest BCUT2D eigenvalue weighted by atomic mass is 19.3. The van der Waals surface area contributed by atoms with Crippen LogP contribution in [0.15, 0.2) is 36.4 Å². The average Bonchev–Trinajstić information content (AvgIpc) is 2.92. The number of fused-ring (bicyclic) bond motifs is 1. The van der Waals surface area contributed by atoms with Gasteiger partial charge in [-0.1, -0.05) is 31.2 Å². The van der Waals surface area contributed by atoms with Gasteiger partial charge in [-0.15, -0.1) is 0 Å². The zero-order chi connectivity index (χ0) is 20.6. The monoisotopic (exact) mass is 400 g/mol. The zero-order valence-corrected chi connectivity index (χ0v) is 16.3. The van der Waals surface area contributed by atoms with E-state index in [1.54, 1.807) is 24.3 Å². The molecule has 0 N–H and O–H groups in total. The number of para-hydroxylation sites is 1. The van der Waals surface area contributed by atoms with Crippen molar-refractivity contribution in [2.24, 2.45) is 0 Å². The lowest BCUT2D eigenvalue weighted by molar-refractivity contribution is -0.0505. The Morgan fingerprint density at radius 2 is 2.10 bits per heavy atom. The second-order valence-electron chi connectivity index (χ2n) is 7.90. The van der Waals surface area contributed by atoms with Crippen molar-refractivity contribution in [3.05, 3.63) is 53.3 Å². The molecule has 0 aliphatic carbocycles. The summed E-state index contributed by atoms with van der Waals surface area (Å²) in [5.74, 6) is -0.580. The van der Waals surface area contributed by atoms with Gasteiger partial charge in [-0.3, -0.25) is 4.90 Å².